The lowest BCUT2D eigenvalue weighted by Gasteiger charge is -2.27. The molecule has 0 aliphatic carbocycles. The highest BCUT2D eigenvalue weighted by molar-refractivity contribution is 6.40. The van der Waals surface area contributed by atoms with E-state index in [1.807, 2.05) is 30.3 Å². The summed E-state index contributed by atoms with van der Waals surface area (Å²) in [5.74, 6) is -0.616. The van der Waals surface area contributed by atoms with Crippen LogP contribution in [0.25, 0.3) is 11.1 Å². The first kappa shape index (κ1) is 31.6. The number of amides is 2. The summed E-state index contributed by atoms with van der Waals surface area (Å²) < 4.78 is 5.70. The Balaban J connectivity index is 1.34. The van der Waals surface area contributed by atoms with E-state index in [1.54, 1.807) is 36.5 Å². The number of hydrogen-bond donors (Lipinski definition) is 7. The fourth-order valence-corrected chi connectivity index (χ4v) is 5.13. The fourth-order valence-electron chi connectivity index (χ4n) is 4.47. The van der Waals surface area contributed by atoms with Crippen LogP contribution in [0, 0.1) is 11.5 Å². The van der Waals surface area contributed by atoms with E-state index in [0.29, 0.717) is 30.0 Å². The summed E-state index contributed by atoms with van der Waals surface area (Å²) >= 11 is 12.8. The Morgan fingerprint density at radius 1 is 1.09 bits per heavy atom. The highest BCUT2D eigenvalue weighted by atomic mass is 35.5. The number of nitrogens with zero attached hydrogens (tertiary/aromatic N) is 2. The predicted octanol–water partition coefficient (Wildman–Crippen LogP) is 2.51. The minimum Gasteiger partial charge on any atom is -0.493 e. The van der Waals surface area contributed by atoms with Crippen molar-refractivity contribution in [2.45, 2.75) is 24.8 Å². The van der Waals surface area contributed by atoms with Crippen molar-refractivity contribution in [1.82, 2.24) is 16.0 Å². The van der Waals surface area contributed by atoms with Crippen molar-refractivity contribution < 1.29 is 24.5 Å². The molecule has 1 heterocycles. The quantitative estimate of drug-likeness (QED) is 0.0766. The van der Waals surface area contributed by atoms with Crippen LogP contribution in [0.4, 0.5) is 5.69 Å². The van der Waals surface area contributed by atoms with Crippen LogP contribution in [0.2, 0.25) is 10.0 Å². The molecule has 0 saturated heterocycles. The molecule has 3 aromatic rings. The van der Waals surface area contributed by atoms with Crippen molar-refractivity contribution in [2.75, 3.05) is 25.0 Å². The van der Waals surface area contributed by atoms with Crippen LogP contribution >= 0.6 is 23.2 Å². The van der Waals surface area contributed by atoms with Crippen LogP contribution in [-0.2, 0) is 4.79 Å². The number of benzene rings is 3. The average Bonchev–Trinajstić information content (AvgIpc) is 2.98. The van der Waals surface area contributed by atoms with Crippen molar-refractivity contribution >= 4 is 46.7 Å². The third-order valence-corrected chi connectivity index (χ3v) is 7.17. The molecule has 2 atom stereocenters. The summed E-state index contributed by atoms with van der Waals surface area (Å²) in [4.78, 5) is 29.1. The molecule has 0 radical (unpaired) electrons. The molecule has 14 heteroatoms. The van der Waals surface area contributed by atoms with Gasteiger partial charge in [0.25, 0.3) is 5.91 Å². The van der Waals surface area contributed by atoms with E-state index in [0.717, 1.165) is 11.1 Å². The van der Waals surface area contributed by atoms with Crippen molar-refractivity contribution in [3.63, 3.8) is 0 Å². The molecule has 1 aliphatic rings. The van der Waals surface area contributed by atoms with Crippen molar-refractivity contribution in [3.05, 3.63) is 81.8 Å². The second kappa shape index (κ2) is 14.7. The van der Waals surface area contributed by atoms with Crippen LogP contribution in [0.1, 0.15) is 28.4 Å². The van der Waals surface area contributed by atoms with Crippen LogP contribution in [0.3, 0.4) is 0 Å². The van der Waals surface area contributed by atoms with Crippen molar-refractivity contribution in [2.24, 2.45) is 10.7 Å². The molecule has 43 heavy (non-hydrogen) atoms. The predicted molar refractivity (Wildman–Crippen MR) is 163 cm³/mol. The normalized spacial score (nSPS) is 15.1. The topological polar surface area (TPSA) is 194 Å². The van der Waals surface area contributed by atoms with Crippen LogP contribution in [0.5, 0.6) is 5.75 Å². The lowest BCUT2D eigenvalue weighted by atomic mass is 10.00. The van der Waals surface area contributed by atoms with E-state index in [-0.39, 0.29) is 40.7 Å². The first-order valence-electron chi connectivity index (χ1n) is 13.1. The number of guanidine groups is 1. The first-order chi connectivity index (χ1) is 20.7. The molecule has 4 rings (SSSR count). The standard InChI is InChI=1S/C29H29Cl2N7O5/c30-20-10-17(16-4-2-1-3-5-16)11-21(31)26(20)27(40)38-23(28(41)42)13-35-25(39)14-34-22-8-9-43-24-7-6-18(12-19(22)24)37-29(33)36-15-32/h1-7,10-12,22-23,28,34,41-42H,8-9,13-14H2,(H,35,39)(H,38,40)(H3,33,36,37)/t22?,23-/m0/s1. The van der Waals surface area contributed by atoms with Gasteiger partial charge in [-0.1, -0.05) is 53.5 Å². The van der Waals surface area contributed by atoms with E-state index >= 15 is 0 Å². The Hall–Kier alpha value is -4.38. The number of hydrogen-bond acceptors (Lipinski definition) is 8. The maximum atomic E-state index is 13.0. The second-order valence-electron chi connectivity index (χ2n) is 9.52. The van der Waals surface area contributed by atoms with Gasteiger partial charge in [0.2, 0.25) is 18.1 Å². The van der Waals surface area contributed by atoms with E-state index in [4.69, 9.17) is 38.9 Å². The summed E-state index contributed by atoms with van der Waals surface area (Å²) in [6.45, 7) is 0.0388. The summed E-state index contributed by atoms with van der Waals surface area (Å²) in [6, 6.07) is 16.3. The number of aliphatic hydroxyl groups excluding tert-OH is 1. The molecular formula is C29H29Cl2N7O5. The number of anilines is 1. The summed E-state index contributed by atoms with van der Waals surface area (Å²) in [7, 11) is 0. The third-order valence-electron chi connectivity index (χ3n) is 6.57. The zero-order valence-electron chi connectivity index (χ0n) is 22.7. The van der Waals surface area contributed by atoms with Gasteiger partial charge in [0.1, 0.15) is 5.75 Å². The molecule has 2 amide bonds. The summed E-state index contributed by atoms with van der Waals surface area (Å²) in [6.07, 6.45) is 0.193. The number of ether oxygens (including phenoxy) is 1. The Morgan fingerprint density at radius 2 is 1.81 bits per heavy atom. The Bertz CT molecular complexity index is 1520. The molecule has 0 saturated carbocycles. The zero-order chi connectivity index (χ0) is 30.9. The first-order valence-corrected chi connectivity index (χ1v) is 13.9. The number of carbonyl (C=O) groups excluding carboxylic acids is 2. The minimum atomic E-state index is -1.98. The molecule has 0 bridgehead atoms. The Kier molecular flexibility index (Phi) is 10.8. The molecule has 0 aromatic heterocycles. The maximum absolute atomic E-state index is 13.0. The number of aliphatic imine (C=N–C) groups is 1. The molecule has 224 valence electrons. The smallest absolute Gasteiger partial charge is 0.254 e. The largest absolute Gasteiger partial charge is 0.493 e. The molecule has 3 aromatic carbocycles. The molecule has 0 spiro atoms. The Labute approximate surface area is 257 Å². The van der Waals surface area contributed by atoms with Crippen molar-refractivity contribution in [3.8, 4) is 23.1 Å². The van der Waals surface area contributed by atoms with Gasteiger partial charge in [-0.3, -0.25) is 9.59 Å². The molecule has 8 N–H and O–H groups in total. The Morgan fingerprint density at radius 3 is 2.49 bits per heavy atom. The highest BCUT2D eigenvalue weighted by Gasteiger charge is 2.25. The zero-order valence-corrected chi connectivity index (χ0v) is 24.2. The average molecular weight is 627 g/mol. The number of nitrogens with one attached hydrogen (secondary N) is 4. The van der Waals surface area contributed by atoms with Gasteiger partial charge in [0.05, 0.1) is 34.8 Å². The van der Waals surface area contributed by atoms with Gasteiger partial charge in [0, 0.05) is 30.3 Å². The SMILES string of the molecule is N#C/N=C(/N)Nc1ccc2c(c1)C(NCC(=O)NC[C@H](NC(=O)c1c(Cl)cc(-c3ccccc3)cc1Cl)C(O)O)CCO2. The fraction of sp³-hybridized carbons (Fsp3) is 0.241. The third kappa shape index (κ3) is 8.35. The van der Waals surface area contributed by atoms with Crippen LogP contribution in [-0.4, -0.2) is 60.0 Å². The molecule has 1 unspecified atom stereocenters. The van der Waals surface area contributed by atoms with E-state index in [9.17, 15) is 19.8 Å². The van der Waals surface area contributed by atoms with Crippen molar-refractivity contribution in [1.29, 1.82) is 5.26 Å². The van der Waals surface area contributed by atoms with Gasteiger partial charge in [-0.25, -0.2) is 0 Å². The van der Waals surface area contributed by atoms with Gasteiger partial charge in [-0.05, 0) is 41.5 Å². The van der Waals surface area contributed by atoms with Gasteiger partial charge in [0.15, 0.2) is 6.29 Å². The minimum absolute atomic E-state index is 0.0330. The van der Waals surface area contributed by atoms with E-state index in [1.165, 1.54) is 0 Å². The second-order valence-corrected chi connectivity index (χ2v) is 10.3. The summed E-state index contributed by atoms with van der Waals surface area (Å²) in [5.41, 5.74) is 8.55. The van der Waals surface area contributed by atoms with Gasteiger partial charge < -0.3 is 42.0 Å². The summed E-state index contributed by atoms with van der Waals surface area (Å²) in [5, 5.41) is 39.6. The highest BCUT2D eigenvalue weighted by Crippen LogP contribution is 2.34. The van der Waals surface area contributed by atoms with Gasteiger partial charge in [-0.15, -0.1) is 4.99 Å². The van der Waals surface area contributed by atoms with Gasteiger partial charge >= 0.3 is 0 Å². The molecular weight excluding hydrogens is 597 g/mol. The molecule has 0 fully saturated rings. The van der Waals surface area contributed by atoms with Gasteiger partial charge in [-0.2, -0.15) is 5.26 Å². The number of rotatable bonds is 10. The number of halogens is 2. The van der Waals surface area contributed by atoms with Crippen LogP contribution in [0.15, 0.2) is 65.7 Å². The molecule has 1 aliphatic heterocycles. The lowest BCUT2D eigenvalue weighted by molar-refractivity contribution is -0.121. The van der Waals surface area contributed by atoms with Crippen LogP contribution < -0.4 is 31.7 Å². The number of carbonyl (C=O) groups is 2. The number of nitrogens with two attached hydrogens (primary N) is 1. The maximum Gasteiger partial charge on any atom is 0.254 e. The number of nitriles is 1. The monoisotopic (exact) mass is 625 g/mol. The van der Waals surface area contributed by atoms with E-state index < -0.39 is 24.1 Å². The number of aliphatic hydroxyl groups is 2. The lowest BCUT2D eigenvalue weighted by Crippen LogP contribution is -2.51. The number of fused-ring (bicyclic) bond motifs is 1. The molecule has 12 nitrogen and oxygen atoms in total. The van der Waals surface area contributed by atoms with E-state index in [2.05, 4.69) is 26.3 Å².